The zero-order valence-corrected chi connectivity index (χ0v) is 20.5. The van der Waals surface area contributed by atoms with E-state index in [1.807, 2.05) is 6.08 Å². The molecule has 3 nitrogen and oxygen atoms in total. The van der Waals surface area contributed by atoms with Gasteiger partial charge < -0.3 is 10.2 Å². The molecule has 0 radical (unpaired) electrons. The molecule has 0 unspecified atom stereocenters. The highest BCUT2D eigenvalue weighted by molar-refractivity contribution is 5.99. The topological polar surface area (TPSA) is 57.5 Å². The predicted molar refractivity (Wildman–Crippen MR) is 125 cm³/mol. The van der Waals surface area contributed by atoms with Gasteiger partial charge in [0.05, 0.1) is 6.10 Å². The first-order valence-corrected chi connectivity index (χ1v) is 12.8. The number of carbonyl (C=O) groups excluding carboxylic acids is 1. The second kappa shape index (κ2) is 7.83. The van der Waals surface area contributed by atoms with Crippen molar-refractivity contribution in [1.82, 2.24) is 0 Å². The molecule has 0 aromatic carbocycles. The molecule has 3 heteroatoms. The Morgan fingerprint density at radius 1 is 1.00 bits per heavy atom. The van der Waals surface area contributed by atoms with Crippen LogP contribution in [0.15, 0.2) is 23.8 Å². The van der Waals surface area contributed by atoms with Crippen molar-refractivity contribution in [2.24, 2.45) is 46.3 Å². The third-order valence-corrected chi connectivity index (χ3v) is 10.5. The Hall–Kier alpha value is -0.930. The first-order chi connectivity index (χ1) is 14.4. The number of hydrogen-bond acceptors (Lipinski definition) is 3. The smallest absolute Gasteiger partial charge is 0.187 e. The zero-order valence-electron chi connectivity index (χ0n) is 20.5. The van der Waals surface area contributed by atoms with Crippen molar-refractivity contribution in [3.05, 3.63) is 23.8 Å². The maximum Gasteiger partial charge on any atom is 0.187 e. The van der Waals surface area contributed by atoms with Crippen LogP contribution in [0.3, 0.4) is 0 Å². The van der Waals surface area contributed by atoms with E-state index in [0.717, 1.165) is 19.3 Å². The van der Waals surface area contributed by atoms with Gasteiger partial charge in [0.25, 0.3) is 0 Å². The lowest BCUT2D eigenvalue weighted by molar-refractivity contribution is -0.180. The minimum absolute atomic E-state index is 0.147. The third kappa shape index (κ3) is 3.41. The molecule has 0 aliphatic heterocycles. The molecule has 4 aliphatic rings. The number of allylic oxidation sites excluding steroid dienone is 3. The number of ketones is 1. The van der Waals surface area contributed by atoms with E-state index < -0.39 is 17.1 Å². The van der Waals surface area contributed by atoms with Gasteiger partial charge in [0.1, 0.15) is 5.60 Å². The van der Waals surface area contributed by atoms with E-state index in [9.17, 15) is 15.0 Å². The van der Waals surface area contributed by atoms with Crippen LogP contribution in [-0.4, -0.2) is 27.7 Å². The SMILES string of the molecule is CC(C)[C@@H](C)/C=C/[C@@H](C)[C@@H]1CC[C@@H]2C3=CC(=O)[C@]4(O)C[C@H](O)CC[C@@]4(C)[C@H]3CC[C@]21C. The first kappa shape index (κ1) is 23.2. The maximum absolute atomic E-state index is 13.3. The normalized spacial score (nSPS) is 47.0. The molecule has 3 saturated carbocycles. The quantitative estimate of drug-likeness (QED) is 0.564. The molecular formula is C28H44O3. The van der Waals surface area contributed by atoms with Gasteiger partial charge in [-0.2, -0.15) is 0 Å². The number of aliphatic hydroxyl groups excluding tert-OH is 1. The minimum atomic E-state index is -1.40. The molecule has 0 heterocycles. The van der Waals surface area contributed by atoms with Crippen LogP contribution in [0.25, 0.3) is 0 Å². The van der Waals surface area contributed by atoms with Gasteiger partial charge in [-0.1, -0.05) is 59.3 Å². The number of aliphatic hydroxyl groups is 2. The van der Waals surface area contributed by atoms with Crippen molar-refractivity contribution in [2.45, 2.75) is 98.2 Å². The van der Waals surface area contributed by atoms with Gasteiger partial charge in [-0.15, -0.1) is 0 Å². The van der Waals surface area contributed by atoms with Gasteiger partial charge in [0.15, 0.2) is 5.78 Å². The van der Waals surface area contributed by atoms with Crippen LogP contribution in [0.5, 0.6) is 0 Å². The molecule has 0 amide bonds. The highest BCUT2D eigenvalue weighted by Gasteiger charge is 2.65. The second-order valence-electron chi connectivity index (χ2n) is 12.4. The van der Waals surface area contributed by atoms with Crippen LogP contribution in [0, 0.1) is 46.3 Å². The van der Waals surface area contributed by atoms with Crippen LogP contribution in [0.2, 0.25) is 0 Å². The van der Waals surface area contributed by atoms with E-state index >= 15 is 0 Å². The van der Waals surface area contributed by atoms with Crippen molar-refractivity contribution in [3.8, 4) is 0 Å². The maximum atomic E-state index is 13.3. The first-order valence-electron chi connectivity index (χ1n) is 12.8. The fourth-order valence-corrected chi connectivity index (χ4v) is 7.96. The average Bonchev–Trinajstić information content (AvgIpc) is 3.05. The van der Waals surface area contributed by atoms with Gasteiger partial charge in [-0.05, 0) is 85.5 Å². The van der Waals surface area contributed by atoms with E-state index in [0.29, 0.717) is 36.0 Å². The molecule has 2 N–H and O–H groups in total. The second-order valence-corrected chi connectivity index (χ2v) is 12.4. The van der Waals surface area contributed by atoms with Crippen molar-refractivity contribution >= 4 is 5.78 Å². The molecule has 0 bridgehead atoms. The van der Waals surface area contributed by atoms with Crippen LogP contribution in [-0.2, 0) is 4.79 Å². The summed E-state index contributed by atoms with van der Waals surface area (Å²) in [6.07, 6.45) is 12.4. The van der Waals surface area contributed by atoms with Crippen LogP contribution >= 0.6 is 0 Å². The van der Waals surface area contributed by atoms with E-state index in [2.05, 4.69) is 53.7 Å². The molecule has 174 valence electrons. The van der Waals surface area contributed by atoms with E-state index in [4.69, 9.17) is 0 Å². The summed E-state index contributed by atoms with van der Waals surface area (Å²) in [5.74, 6) is 3.03. The van der Waals surface area contributed by atoms with Crippen LogP contribution < -0.4 is 0 Å². The van der Waals surface area contributed by atoms with Crippen molar-refractivity contribution in [2.75, 3.05) is 0 Å². The molecule has 9 atom stereocenters. The molecular weight excluding hydrogens is 384 g/mol. The largest absolute Gasteiger partial charge is 0.393 e. The average molecular weight is 429 g/mol. The summed E-state index contributed by atoms with van der Waals surface area (Å²) in [6, 6.07) is 0. The minimum Gasteiger partial charge on any atom is -0.393 e. The van der Waals surface area contributed by atoms with Gasteiger partial charge in [-0.3, -0.25) is 4.79 Å². The van der Waals surface area contributed by atoms with Crippen LogP contribution in [0.4, 0.5) is 0 Å². The summed E-state index contributed by atoms with van der Waals surface area (Å²) in [7, 11) is 0. The zero-order chi connectivity index (χ0) is 22.8. The Balaban J connectivity index is 1.62. The highest BCUT2D eigenvalue weighted by atomic mass is 16.3. The fraction of sp³-hybridized carbons (Fsp3) is 0.821. The summed E-state index contributed by atoms with van der Waals surface area (Å²) in [5, 5.41) is 21.7. The fourth-order valence-electron chi connectivity index (χ4n) is 7.96. The van der Waals surface area contributed by atoms with E-state index in [1.165, 1.54) is 18.4 Å². The lowest BCUT2D eigenvalue weighted by Crippen LogP contribution is -2.64. The molecule has 4 rings (SSSR count). The Labute approximate surface area is 189 Å². The predicted octanol–water partition coefficient (Wildman–Crippen LogP) is 5.70. The standard InChI is InChI=1S/C28H44O3/c1-17(2)18(3)7-8-19(4)22-9-10-23-21-15-25(30)28(31)16-20(29)11-14-27(28,6)24(21)12-13-26(22,23)5/h7-8,15,17-20,22-24,29,31H,9-14,16H2,1-6H3/b8-7+/t18-,19+,20+,22-,23+,24-,26-,27-,28+/m0/s1. The Morgan fingerprint density at radius 3 is 2.39 bits per heavy atom. The number of hydrogen-bond donors (Lipinski definition) is 2. The van der Waals surface area contributed by atoms with E-state index in [1.54, 1.807) is 0 Å². The summed E-state index contributed by atoms with van der Waals surface area (Å²) in [4.78, 5) is 13.3. The molecule has 0 aromatic heterocycles. The molecule has 0 aromatic rings. The number of carbonyl (C=O) groups is 1. The molecule has 4 aliphatic carbocycles. The van der Waals surface area contributed by atoms with Crippen molar-refractivity contribution in [1.29, 1.82) is 0 Å². The third-order valence-electron chi connectivity index (χ3n) is 10.5. The van der Waals surface area contributed by atoms with E-state index in [-0.39, 0.29) is 23.5 Å². The number of rotatable bonds is 4. The lowest BCUT2D eigenvalue weighted by atomic mass is 9.46. The number of fused-ring (bicyclic) bond motifs is 5. The Bertz CT molecular complexity index is 781. The van der Waals surface area contributed by atoms with Gasteiger partial charge >= 0.3 is 0 Å². The Morgan fingerprint density at radius 2 is 1.71 bits per heavy atom. The summed E-state index contributed by atoms with van der Waals surface area (Å²) < 4.78 is 0. The molecule has 0 saturated heterocycles. The van der Waals surface area contributed by atoms with Crippen molar-refractivity contribution in [3.63, 3.8) is 0 Å². The summed E-state index contributed by atoms with van der Waals surface area (Å²) >= 11 is 0. The lowest BCUT2D eigenvalue weighted by Gasteiger charge is -2.59. The Kier molecular flexibility index (Phi) is 5.87. The summed E-state index contributed by atoms with van der Waals surface area (Å²) in [6.45, 7) is 13.9. The molecule has 31 heavy (non-hydrogen) atoms. The van der Waals surface area contributed by atoms with Crippen molar-refractivity contribution < 1.29 is 15.0 Å². The highest BCUT2D eigenvalue weighted by Crippen LogP contribution is 2.67. The van der Waals surface area contributed by atoms with Gasteiger partial charge in [0, 0.05) is 11.8 Å². The van der Waals surface area contributed by atoms with Crippen LogP contribution in [0.1, 0.15) is 86.5 Å². The van der Waals surface area contributed by atoms with Gasteiger partial charge in [-0.25, -0.2) is 0 Å². The molecule has 3 fully saturated rings. The van der Waals surface area contributed by atoms with Gasteiger partial charge in [0.2, 0.25) is 0 Å². The summed E-state index contributed by atoms with van der Waals surface area (Å²) in [5.41, 5.74) is -0.275. The molecule has 0 spiro atoms. The monoisotopic (exact) mass is 428 g/mol.